The monoisotopic (exact) mass is 694 g/mol. The molecule has 2 aromatic carbocycles. The number of sulfone groups is 2. The van der Waals surface area contributed by atoms with Gasteiger partial charge < -0.3 is 15.0 Å². The van der Waals surface area contributed by atoms with Crippen molar-refractivity contribution in [3.05, 3.63) is 60.2 Å². The van der Waals surface area contributed by atoms with Crippen molar-refractivity contribution in [2.24, 2.45) is 11.8 Å². The minimum atomic E-state index is -4.37. The molecule has 0 saturated carbocycles. The van der Waals surface area contributed by atoms with Crippen LogP contribution in [0.5, 0.6) is 0 Å². The van der Waals surface area contributed by atoms with Crippen molar-refractivity contribution >= 4 is 25.8 Å². The molecule has 2 heterocycles. The van der Waals surface area contributed by atoms with E-state index in [2.05, 4.69) is 5.32 Å². The summed E-state index contributed by atoms with van der Waals surface area (Å²) in [4.78, 5) is 12.9. The predicted molar refractivity (Wildman–Crippen MR) is 169 cm³/mol. The van der Waals surface area contributed by atoms with Crippen LogP contribution >= 0.6 is 0 Å². The van der Waals surface area contributed by atoms with Crippen molar-refractivity contribution in [3.63, 3.8) is 0 Å². The van der Waals surface area contributed by atoms with E-state index in [4.69, 9.17) is 4.74 Å². The Morgan fingerprint density at radius 2 is 1.15 bits per heavy atom. The molecule has 4 rings (SSSR count). The molecule has 2 fully saturated rings. The Bertz CT molecular complexity index is 1550. The second kappa shape index (κ2) is 15.0. The summed E-state index contributed by atoms with van der Waals surface area (Å²) in [6, 6.07) is 8.87. The summed E-state index contributed by atoms with van der Waals surface area (Å²) >= 11 is 0. The highest BCUT2D eigenvalue weighted by Gasteiger charge is 2.49. The number of benzene rings is 2. The summed E-state index contributed by atoms with van der Waals surface area (Å²) in [6.07, 6.45) is 0.787. The summed E-state index contributed by atoms with van der Waals surface area (Å²) in [5, 5.41) is -1.86. The number of nitrogens with one attached hydrogen (secondary N) is 1. The number of likely N-dealkylation sites (tertiary alicyclic amines) is 1. The Hall–Kier alpha value is -2.71. The minimum absolute atomic E-state index is 0. The van der Waals surface area contributed by atoms with Gasteiger partial charge in [-0.2, -0.15) is 0 Å². The molecule has 8 nitrogen and oxygen atoms in total. The number of carbonyl (C=O) groups is 1. The van der Waals surface area contributed by atoms with Crippen molar-refractivity contribution in [1.82, 2.24) is 10.2 Å². The fraction of sp³-hybridized carbons (Fsp3) is 0.594. The van der Waals surface area contributed by atoms with Crippen molar-refractivity contribution in [1.29, 1.82) is 0 Å². The molecule has 2 aliphatic rings. The maximum absolute atomic E-state index is 15.3. The quantitative estimate of drug-likeness (QED) is 0.330. The second-order valence-corrected chi connectivity index (χ2v) is 17.2. The number of amides is 1. The lowest BCUT2D eigenvalue weighted by molar-refractivity contribution is 0.0130. The Morgan fingerprint density at radius 1 is 0.761 bits per heavy atom. The first-order valence-electron chi connectivity index (χ1n) is 14.8. The fourth-order valence-electron chi connectivity index (χ4n) is 5.41. The molecule has 260 valence electrons. The lowest BCUT2D eigenvalue weighted by atomic mass is 9.92. The molecule has 2 aromatic rings. The van der Waals surface area contributed by atoms with E-state index < -0.39 is 64.8 Å². The number of halogens is 4. The zero-order valence-electron chi connectivity index (χ0n) is 26.2. The number of ether oxygens (including phenoxy) is 1. The molecule has 0 aromatic heterocycles. The van der Waals surface area contributed by atoms with Crippen molar-refractivity contribution in [3.8, 4) is 0 Å². The minimum Gasteiger partial charge on any atom is -0.444 e. The lowest BCUT2D eigenvalue weighted by Crippen LogP contribution is -2.48. The summed E-state index contributed by atoms with van der Waals surface area (Å²) in [5.41, 5.74) is -0.636. The van der Waals surface area contributed by atoms with Gasteiger partial charge in [0.1, 0.15) is 17.2 Å². The number of carbonyl (C=O) groups excluding carboxylic acids is 1. The highest BCUT2D eigenvalue weighted by Crippen LogP contribution is 2.40. The normalized spacial score (nSPS) is 19.5. The molecular formula is C32H46F4N2O6S2. The van der Waals surface area contributed by atoms with Crippen LogP contribution in [0.4, 0.5) is 22.4 Å². The third-order valence-corrected chi connectivity index (χ3v) is 12.7. The summed E-state index contributed by atoms with van der Waals surface area (Å²) < 4.78 is 112. The highest BCUT2D eigenvalue weighted by molar-refractivity contribution is 7.93. The fourth-order valence-corrected chi connectivity index (χ4v) is 8.73. The SMILES string of the molecule is C.CC(C)(C)OC(=O)N1CCC(C(C)(F)S(=O)(=O)c2cccc(F)c2)CC1.CC(F)(C1CCNCC1)S(=O)(=O)c1cccc(F)c1. The molecule has 0 aliphatic carbocycles. The highest BCUT2D eigenvalue weighted by atomic mass is 32.2. The standard InChI is InChI=1S/C18H25F2NO4S.C13H17F2NO2S.CH4/c1-17(2,3)25-16(22)21-10-8-13(9-11-21)18(4,20)26(23,24)15-7-5-6-14(19)12-15;1-13(15,10-5-7-16-8-6-10)19(17,18)12-4-2-3-11(14)9-12;/h5-7,12-13H,8-11H2,1-4H3;2-4,9-10,16H,5-8H2,1H3;1H4. The largest absolute Gasteiger partial charge is 0.444 e. The van der Waals surface area contributed by atoms with Crippen LogP contribution < -0.4 is 5.32 Å². The number of hydrogen-bond acceptors (Lipinski definition) is 7. The molecule has 14 heteroatoms. The van der Waals surface area contributed by atoms with Crippen molar-refractivity contribution in [2.75, 3.05) is 26.2 Å². The molecule has 0 radical (unpaired) electrons. The van der Waals surface area contributed by atoms with Crippen molar-refractivity contribution in [2.45, 2.75) is 93.1 Å². The summed E-state index contributed by atoms with van der Waals surface area (Å²) in [6.45, 7) is 8.97. The Kier molecular flexibility index (Phi) is 12.9. The zero-order valence-corrected chi connectivity index (χ0v) is 27.8. The first-order valence-corrected chi connectivity index (χ1v) is 17.7. The third kappa shape index (κ3) is 9.00. The van der Waals surface area contributed by atoms with Gasteiger partial charge in [-0.3, -0.25) is 0 Å². The molecule has 2 unspecified atom stereocenters. The van der Waals surface area contributed by atoms with E-state index in [0.717, 1.165) is 38.1 Å². The van der Waals surface area contributed by atoms with E-state index >= 15 is 4.39 Å². The molecule has 2 atom stereocenters. The molecule has 2 aliphatic heterocycles. The molecule has 0 bridgehead atoms. The zero-order chi connectivity index (χ0) is 33.8. The Labute approximate surface area is 270 Å². The molecule has 0 spiro atoms. The Morgan fingerprint density at radius 3 is 1.52 bits per heavy atom. The molecule has 2 saturated heterocycles. The maximum atomic E-state index is 15.3. The van der Waals surface area contributed by atoms with E-state index in [1.165, 1.54) is 29.2 Å². The van der Waals surface area contributed by atoms with Gasteiger partial charge in [0, 0.05) is 24.9 Å². The number of rotatable bonds is 6. The first kappa shape index (κ1) is 39.5. The van der Waals surface area contributed by atoms with E-state index in [1.807, 2.05) is 0 Å². The van der Waals surface area contributed by atoms with Crippen LogP contribution in [0.1, 0.15) is 67.7 Å². The van der Waals surface area contributed by atoms with Crippen LogP contribution in [-0.2, 0) is 24.4 Å². The van der Waals surface area contributed by atoms with Crippen LogP contribution in [0, 0.1) is 23.5 Å². The average molecular weight is 695 g/mol. The maximum Gasteiger partial charge on any atom is 0.410 e. The summed E-state index contributed by atoms with van der Waals surface area (Å²) in [5.74, 6) is -2.78. The number of hydrogen-bond donors (Lipinski definition) is 1. The van der Waals surface area contributed by atoms with Crippen LogP contribution in [0.3, 0.4) is 0 Å². The number of alkyl halides is 2. The predicted octanol–water partition coefficient (Wildman–Crippen LogP) is 6.85. The second-order valence-electron chi connectivity index (χ2n) is 12.7. The molecule has 1 amide bonds. The van der Waals surface area contributed by atoms with Crippen LogP contribution in [-0.4, -0.2) is 69.6 Å². The van der Waals surface area contributed by atoms with Gasteiger partial charge in [-0.25, -0.2) is 39.2 Å². The Balaban J connectivity index is 0.000000328. The van der Waals surface area contributed by atoms with Crippen LogP contribution in [0.15, 0.2) is 58.3 Å². The van der Waals surface area contributed by atoms with Crippen LogP contribution in [0.25, 0.3) is 0 Å². The first-order chi connectivity index (χ1) is 20.7. The van der Waals surface area contributed by atoms with Gasteiger partial charge in [0.05, 0.1) is 9.79 Å². The molecule has 1 N–H and O–H groups in total. The average Bonchev–Trinajstić information content (AvgIpc) is 2.97. The van der Waals surface area contributed by atoms with E-state index in [0.29, 0.717) is 25.9 Å². The lowest BCUT2D eigenvalue weighted by Gasteiger charge is -2.38. The smallest absolute Gasteiger partial charge is 0.410 e. The van der Waals surface area contributed by atoms with Gasteiger partial charge >= 0.3 is 6.09 Å². The van der Waals surface area contributed by atoms with Gasteiger partial charge in [-0.1, -0.05) is 19.6 Å². The van der Waals surface area contributed by atoms with Gasteiger partial charge in [0.2, 0.25) is 29.7 Å². The third-order valence-electron chi connectivity index (χ3n) is 8.21. The summed E-state index contributed by atoms with van der Waals surface area (Å²) in [7, 11) is -8.56. The molecular weight excluding hydrogens is 648 g/mol. The topological polar surface area (TPSA) is 110 Å². The van der Waals surface area contributed by atoms with E-state index in [1.54, 1.807) is 20.8 Å². The van der Waals surface area contributed by atoms with Gasteiger partial charge in [0.25, 0.3) is 0 Å². The van der Waals surface area contributed by atoms with E-state index in [9.17, 15) is 34.8 Å². The number of piperidine rings is 2. The number of nitrogens with zero attached hydrogens (tertiary/aromatic N) is 1. The van der Waals surface area contributed by atoms with Crippen LogP contribution in [0.2, 0.25) is 0 Å². The van der Waals surface area contributed by atoms with Gasteiger partial charge in [-0.05, 0) is 110 Å². The molecule has 46 heavy (non-hydrogen) atoms. The van der Waals surface area contributed by atoms with Crippen molar-refractivity contribution < 1.29 is 43.9 Å². The van der Waals surface area contributed by atoms with E-state index in [-0.39, 0.29) is 43.1 Å². The van der Waals surface area contributed by atoms with Gasteiger partial charge in [-0.15, -0.1) is 0 Å². The van der Waals surface area contributed by atoms with Gasteiger partial charge in [0.15, 0.2) is 0 Å².